The first-order chi connectivity index (χ1) is 14.5. The smallest absolute Gasteiger partial charge is 0.249 e. The average Bonchev–Trinajstić information content (AvgIpc) is 3.42. The van der Waals surface area contributed by atoms with Gasteiger partial charge in [-0.1, -0.05) is 18.5 Å². The summed E-state index contributed by atoms with van der Waals surface area (Å²) in [6, 6.07) is 7.06. The van der Waals surface area contributed by atoms with E-state index in [1.807, 2.05) is 24.0 Å². The Balaban J connectivity index is 1.34. The second-order valence-electron chi connectivity index (χ2n) is 7.81. The first-order valence-corrected chi connectivity index (χ1v) is 10.8. The summed E-state index contributed by atoms with van der Waals surface area (Å²) in [6.45, 7) is 4.87. The summed E-state index contributed by atoms with van der Waals surface area (Å²) in [7, 11) is 0. The number of carbonyl (C=O) groups excluding carboxylic acids is 2. The number of piperazine rings is 1. The topological polar surface area (TPSA) is 96.2 Å². The van der Waals surface area contributed by atoms with Crippen molar-refractivity contribution in [3.8, 4) is 11.4 Å². The molecule has 1 aromatic carbocycles. The Morgan fingerprint density at radius 3 is 2.50 bits per heavy atom. The molecule has 1 atom stereocenters. The first kappa shape index (κ1) is 20.7. The van der Waals surface area contributed by atoms with E-state index in [9.17, 15) is 9.59 Å². The lowest BCUT2D eigenvalue weighted by Crippen LogP contribution is -2.52. The Hall–Kier alpha value is -2.52. The lowest BCUT2D eigenvalue weighted by Gasteiger charge is -2.35. The molecule has 160 valence electrons. The maximum Gasteiger partial charge on any atom is 0.249 e. The molecule has 30 heavy (non-hydrogen) atoms. The number of amides is 2. The lowest BCUT2D eigenvalue weighted by molar-refractivity contribution is -0.137. The third kappa shape index (κ3) is 4.96. The number of carbonyl (C=O) groups is 2. The Bertz CT molecular complexity index is 889. The van der Waals surface area contributed by atoms with Crippen molar-refractivity contribution in [2.75, 3.05) is 32.7 Å². The minimum atomic E-state index is -0.497. The van der Waals surface area contributed by atoms with Crippen LogP contribution >= 0.6 is 11.6 Å². The van der Waals surface area contributed by atoms with E-state index in [1.54, 1.807) is 12.1 Å². The van der Waals surface area contributed by atoms with Crippen LogP contribution in [-0.4, -0.2) is 80.6 Å². The molecule has 9 nitrogen and oxygen atoms in total. The van der Waals surface area contributed by atoms with Crippen LogP contribution in [0.5, 0.6) is 0 Å². The van der Waals surface area contributed by atoms with E-state index in [-0.39, 0.29) is 11.8 Å². The van der Waals surface area contributed by atoms with Crippen LogP contribution in [0.2, 0.25) is 5.02 Å². The number of rotatable bonds is 7. The summed E-state index contributed by atoms with van der Waals surface area (Å²) in [6.07, 6.45) is 2.74. The van der Waals surface area contributed by atoms with E-state index in [2.05, 4.69) is 25.6 Å². The fraction of sp³-hybridized carbons (Fsp3) is 0.550. The second kappa shape index (κ2) is 9.09. The van der Waals surface area contributed by atoms with Gasteiger partial charge in [-0.05, 0) is 48.7 Å². The molecule has 1 N–H and O–H groups in total. The van der Waals surface area contributed by atoms with Gasteiger partial charge in [-0.2, -0.15) is 4.80 Å². The number of halogens is 1. The largest absolute Gasteiger partial charge is 0.352 e. The Labute approximate surface area is 180 Å². The number of benzene rings is 1. The van der Waals surface area contributed by atoms with Crippen molar-refractivity contribution in [2.45, 2.75) is 38.3 Å². The fourth-order valence-corrected chi connectivity index (χ4v) is 3.68. The van der Waals surface area contributed by atoms with Crippen molar-refractivity contribution in [3.63, 3.8) is 0 Å². The molecular weight excluding hydrogens is 406 g/mol. The van der Waals surface area contributed by atoms with E-state index in [0.29, 0.717) is 56.0 Å². The summed E-state index contributed by atoms with van der Waals surface area (Å²) in [5.41, 5.74) is 0.797. The maximum absolute atomic E-state index is 13.1. The number of nitrogens with one attached hydrogen (secondary N) is 1. The highest BCUT2D eigenvalue weighted by Crippen LogP contribution is 2.20. The highest BCUT2D eigenvalue weighted by atomic mass is 35.5. The zero-order chi connectivity index (χ0) is 21.1. The molecule has 1 aromatic heterocycles. The lowest BCUT2D eigenvalue weighted by atomic mass is 10.2. The summed E-state index contributed by atoms with van der Waals surface area (Å²) in [4.78, 5) is 30.4. The molecular formula is C20H26ClN7O2. The van der Waals surface area contributed by atoms with Gasteiger partial charge in [0.25, 0.3) is 0 Å². The normalized spacial score (nSPS) is 18.3. The van der Waals surface area contributed by atoms with Gasteiger partial charge in [-0.3, -0.25) is 14.5 Å². The van der Waals surface area contributed by atoms with Crippen LogP contribution in [0.3, 0.4) is 0 Å². The molecule has 1 saturated carbocycles. The van der Waals surface area contributed by atoms with Crippen LogP contribution in [0.15, 0.2) is 24.3 Å². The summed E-state index contributed by atoms with van der Waals surface area (Å²) in [5.74, 6) is 0.523. The number of aromatic nitrogens is 4. The molecule has 4 rings (SSSR count). The molecule has 0 radical (unpaired) electrons. The van der Waals surface area contributed by atoms with Gasteiger partial charge in [0.2, 0.25) is 17.6 Å². The van der Waals surface area contributed by atoms with Crippen LogP contribution < -0.4 is 5.32 Å². The molecule has 2 aromatic rings. The van der Waals surface area contributed by atoms with Crippen molar-refractivity contribution >= 4 is 23.4 Å². The Morgan fingerprint density at radius 1 is 1.17 bits per heavy atom. The van der Waals surface area contributed by atoms with E-state index in [1.165, 1.54) is 4.80 Å². The third-order valence-electron chi connectivity index (χ3n) is 5.47. The molecule has 0 bridgehead atoms. The summed E-state index contributed by atoms with van der Waals surface area (Å²) in [5, 5.41) is 16.3. The van der Waals surface area contributed by atoms with E-state index in [0.717, 1.165) is 18.4 Å². The van der Waals surface area contributed by atoms with Gasteiger partial charge < -0.3 is 10.2 Å². The zero-order valence-electron chi connectivity index (χ0n) is 17.0. The molecule has 1 aliphatic carbocycles. The monoisotopic (exact) mass is 431 g/mol. The highest BCUT2D eigenvalue weighted by Gasteiger charge is 2.30. The minimum Gasteiger partial charge on any atom is -0.352 e. The van der Waals surface area contributed by atoms with Gasteiger partial charge in [-0.15, -0.1) is 10.2 Å². The molecule has 0 spiro atoms. The Morgan fingerprint density at radius 2 is 1.87 bits per heavy atom. The third-order valence-corrected chi connectivity index (χ3v) is 5.73. The van der Waals surface area contributed by atoms with Crippen molar-refractivity contribution in [1.29, 1.82) is 0 Å². The van der Waals surface area contributed by atoms with Gasteiger partial charge in [0.15, 0.2) is 6.04 Å². The predicted octanol–water partition coefficient (Wildman–Crippen LogP) is 1.37. The average molecular weight is 432 g/mol. The predicted molar refractivity (Wildman–Crippen MR) is 112 cm³/mol. The SMILES string of the molecule is CC[C@H](C(=O)N1CCN(CC(=O)NC2CC2)CC1)n1nnc(-c2ccc(Cl)cc2)n1. The van der Waals surface area contributed by atoms with Gasteiger partial charge in [0, 0.05) is 42.8 Å². The molecule has 0 unspecified atom stereocenters. The summed E-state index contributed by atoms with van der Waals surface area (Å²) >= 11 is 5.93. The molecule has 2 amide bonds. The molecule has 1 saturated heterocycles. The molecule has 10 heteroatoms. The molecule has 2 aliphatic rings. The number of hydrogen-bond acceptors (Lipinski definition) is 6. The number of hydrogen-bond donors (Lipinski definition) is 1. The zero-order valence-corrected chi connectivity index (χ0v) is 17.8. The molecule has 1 aliphatic heterocycles. The van der Waals surface area contributed by atoms with Gasteiger partial charge >= 0.3 is 0 Å². The quantitative estimate of drug-likeness (QED) is 0.711. The minimum absolute atomic E-state index is 0.0142. The standard InChI is InChI=1S/C20H26ClN7O2/c1-2-17(28-24-19(23-25-28)14-3-5-15(21)6-4-14)20(30)27-11-9-26(10-12-27)13-18(29)22-16-7-8-16/h3-6,16-17H,2,7-13H2,1H3,(H,22,29)/t17-/m1/s1. The molecule has 2 fully saturated rings. The Kier molecular flexibility index (Phi) is 6.29. The van der Waals surface area contributed by atoms with Gasteiger partial charge in [0.05, 0.1) is 6.54 Å². The highest BCUT2D eigenvalue weighted by molar-refractivity contribution is 6.30. The summed E-state index contributed by atoms with van der Waals surface area (Å²) < 4.78 is 0. The van der Waals surface area contributed by atoms with E-state index >= 15 is 0 Å². The maximum atomic E-state index is 13.1. The molecule has 2 heterocycles. The van der Waals surface area contributed by atoms with Crippen molar-refractivity contribution < 1.29 is 9.59 Å². The van der Waals surface area contributed by atoms with E-state index < -0.39 is 6.04 Å². The van der Waals surface area contributed by atoms with Crippen molar-refractivity contribution in [3.05, 3.63) is 29.3 Å². The van der Waals surface area contributed by atoms with Crippen molar-refractivity contribution in [2.24, 2.45) is 0 Å². The number of nitrogens with zero attached hydrogens (tertiary/aromatic N) is 6. The first-order valence-electron chi connectivity index (χ1n) is 10.4. The van der Waals surface area contributed by atoms with Crippen LogP contribution in [-0.2, 0) is 9.59 Å². The van der Waals surface area contributed by atoms with Crippen LogP contribution in [0.1, 0.15) is 32.2 Å². The van der Waals surface area contributed by atoms with Crippen LogP contribution in [0.25, 0.3) is 11.4 Å². The van der Waals surface area contributed by atoms with Gasteiger partial charge in [0.1, 0.15) is 0 Å². The van der Waals surface area contributed by atoms with E-state index in [4.69, 9.17) is 11.6 Å². The van der Waals surface area contributed by atoms with Gasteiger partial charge in [-0.25, -0.2) is 0 Å². The van der Waals surface area contributed by atoms with Crippen LogP contribution in [0, 0.1) is 0 Å². The van der Waals surface area contributed by atoms with Crippen molar-refractivity contribution in [1.82, 2.24) is 35.3 Å². The fourth-order valence-electron chi connectivity index (χ4n) is 3.55. The number of tetrazole rings is 1. The second-order valence-corrected chi connectivity index (χ2v) is 8.24. The van der Waals surface area contributed by atoms with Crippen LogP contribution in [0.4, 0.5) is 0 Å².